The van der Waals surface area contributed by atoms with Crippen LogP contribution in [0.5, 0.6) is 0 Å². The van der Waals surface area contributed by atoms with Gasteiger partial charge < -0.3 is 15.6 Å². The molecule has 3 aromatic rings. The maximum absolute atomic E-state index is 12.5. The van der Waals surface area contributed by atoms with Gasteiger partial charge in [-0.05, 0) is 55.3 Å². The second kappa shape index (κ2) is 6.20. The van der Waals surface area contributed by atoms with Crippen LogP contribution in [0, 0.1) is 13.8 Å². The molecule has 0 aliphatic heterocycles. The third-order valence-electron chi connectivity index (χ3n) is 3.77. The summed E-state index contributed by atoms with van der Waals surface area (Å²) in [5.41, 5.74) is 5.00. The van der Waals surface area contributed by atoms with Crippen LogP contribution < -0.4 is 10.6 Å². The Balaban J connectivity index is 1.85. The lowest BCUT2D eigenvalue weighted by atomic mass is 10.1. The molecule has 0 spiro atoms. The Labute approximate surface area is 140 Å². The molecule has 3 N–H and O–H groups in total. The van der Waals surface area contributed by atoms with E-state index in [2.05, 4.69) is 21.7 Å². The van der Waals surface area contributed by atoms with E-state index >= 15 is 0 Å². The number of nitrogens with one attached hydrogen (secondary N) is 3. The Hall–Kier alpha value is -3.08. The molecule has 0 atom stereocenters. The van der Waals surface area contributed by atoms with Gasteiger partial charge in [-0.3, -0.25) is 9.59 Å². The Bertz CT molecular complexity index is 941. The third-order valence-corrected chi connectivity index (χ3v) is 3.77. The number of hydrogen-bond donors (Lipinski definition) is 3. The van der Waals surface area contributed by atoms with Gasteiger partial charge in [0.2, 0.25) is 5.91 Å². The number of benzene rings is 2. The Kier molecular flexibility index (Phi) is 4.08. The first kappa shape index (κ1) is 15.8. The highest BCUT2D eigenvalue weighted by molar-refractivity contribution is 6.06. The van der Waals surface area contributed by atoms with Crippen molar-refractivity contribution in [3.05, 3.63) is 59.3 Å². The second-order valence-electron chi connectivity index (χ2n) is 5.94. The predicted molar refractivity (Wildman–Crippen MR) is 96.5 cm³/mol. The van der Waals surface area contributed by atoms with Crippen molar-refractivity contribution in [1.29, 1.82) is 0 Å². The van der Waals surface area contributed by atoms with Crippen LogP contribution in [0.4, 0.5) is 11.4 Å². The largest absolute Gasteiger partial charge is 0.351 e. The number of amides is 2. The van der Waals surface area contributed by atoms with Crippen molar-refractivity contribution >= 4 is 34.1 Å². The minimum Gasteiger partial charge on any atom is -0.351 e. The second-order valence-corrected chi connectivity index (χ2v) is 5.94. The summed E-state index contributed by atoms with van der Waals surface area (Å²) < 4.78 is 0. The van der Waals surface area contributed by atoms with E-state index in [-0.39, 0.29) is 11.8 Å². The molecule has 2 aromatic carbocycles. The molecular weight excluding hydrogens is 302 g/mol. The van der Waals surface area contributed by atoms with Gasteiger partial charge in [-0.1, -0.05) is 12.1 Å². The lowest BCUT2D eigenvalue weighted by Gasteiger charge is -2.07. The van der Waals surface area contributed by atoms with Gasteiger partial charge in [-0.25, -0.2) is 0 Å². The summed E-state index contributed by atoms with van der Waals surface area (Å²) in [4.78, 5) is 26.8. The van der Waals surface area contributed by atoms with Crippen molar-refractivity contribution in [3.63, 3.8) is 0 Å². The lowest BCUT2D eigenvalue weighted by Crippen LogP contribution is -2.12. The summed E-state index contributed by atoms with van der Waals surface area (Å²) in [6, 6.07) is 13.0. The lowest BCUT2D eigenvalue weighted by molar-refractivity contribution is -0.114. The van der Waals surface area contributed by atoms with Crippen molar-refractivity contribution in [2.45, 2.75) is 20.8 Å². The zero-order valence-corrected chi connectivity index (χ0v) is 13.9. The predicted octanol–water partition coefficient (Wildman–Crippen LogP) is 4.00. The smallest absolute Gasteiger partial charge is 0.272 e. The number of aromatic nitrogens is 1. The molecule has 0 aliphatic carbocycles. The van der Waals surface area contributed by atoms with Gasteiger partial charge >= 0.3 is 0 Å². The first-order chi connectivity index (χ1) is 11.4. The SMILES string of the molecule is CC(=O)Nc1cccc(NC(=O)c2cc3c(C)cc(C)cc3[nH]2)c1. The normalized spacial score (nSPS) is 10.6. The van der Waals surface area contributed by atoms with E-state index in [0.717, 1.165) is 22.0 Å². The molecular formula is C19H19N3O2. The van der Waals surface area contributed by atoms with Crippen molar-refractivity contribution in [1.82, 2.24) is 4.98 Å². The van der Waals surface area contributed by atoms with Gasteiger partial charge in [0, 0.05) is 29.2 Å². The minimum atomic E-state index is -0.219. The van der Waals surface area contributed by atoms with E-state index in [1.54, 1.807) is 24.3 Å². The van der Waals surface area contributed by atoms with Crippen LogP contribution in [0.1, 0.15) is 28.5 Å². The maximum atomic E-state index is 12.5. The molecule has 5 nitrogen and oxygen atoms in total. The minimum absolute atomic E-state index is 0.153. The summed E-state index contributed by atoms with van der Waals surface area (Å²) >= 11 is 0. The topological polar surface area (TPSA) is 74.0 Å². The Morgan fingerprint density at radius 2 is 1.67 bits per heavy atom. The number of H-pyrrole nitrogens is 1. The van der Waals surface area contributed by atoms with Crippen LogP contribution in [-0.2, 0) is 4.79 Å². The first-order valence-corrected chi connectivity index (χ1v) is 7.71. The molecule has 0 radical (unpaired) electrons. The molecule has 1 heterocycles. The van der Waals surface area contributed by atoms with Gasteiger partial charge in [0.25, 0.3) is 5.91 Å². The molecule has 5 heteroatoms. The molecule has 3 rings (SSSR count). The number of rotatable bonds is 3. The highest BCUT2D eigenvalue weighted by Crippen LogP contribution is 2.22. The molecule has 0 fully saturated rings. The summed E-state index contributed by atoms with van der Waals surface area (Å²) in [6.45, 7) is 5.50. The monoisotopic (exact) mass is 321 g/mol. The molecule has 122 valence electrons. The molecule has 0 saturated carbocycles. The quantitative estimate of drug-likeness (QED) is 0.682. The fourth-order valence-corrected chi connectivity index (χ4v) is 2.80. The van der Waals surface area contributed by atoms with Crippen molar-refractivity contribution in [3.8, 4) is 0 Å². The van der Waals surface area contributed by atoms with Crippen LogP contribution in [0.2, 0.25) is 0 Å². The van der Waals surface area contributed by atoms with E-state index in [4.69, 9.17) is 0 Å². The van der Waals surface area contributed by atoms with Crippen molar-refractivity contribution < 1.29 is 9.59 Å². The summed E-state index contributed by atoms with van der Waals surface area (Å²) in [7, 11) is 0. The standard InChI is InChI=1S/C19H19N3O2/c1-11-7-12(2)16-10-18(22-17(16)8-11)19(24)21-15-6-4-5-14(9-15)20-13(3)23/h4-10,22H,1-3H3,(H,20,23)(H,21,24). The van der Waals surface area contributed by atoms with Gasteiger partial charge in [0.15, 0.2) is 0 Å². The maximum Gasteiger partial charge on any atom is 0.272 e. The molecule has 0 saturated heterocycles. The molecule has 0 bridgehead atoms. The molecule has 1 aromatic heterocycles. The van der Waals surface area contributed by atoms with Gasteiger partial charge in [-0.2, -0.15) is 0 Å². The van der Waals surface area contributed by atoms with Crippen LogP contribution in [0.15, 0.2) is 42.5 Å². The molecule has 2 amide bonds. The Morgan fingerprint density at radius 3 is 2.38 bits per heavy atom. The van der Waals surface area contributed by atoms with Crippen LogP contribution >= 0.6 is 0 Å². The number of fused-ring (bicyclic) bond motifs is 1. The van der Waals surface area contributed by atoms with E-state index in [0.29, 0.717) is 17.1 Å². The average molecular weight is 321 g/mol. The number of aryl methyl sites for hydroxylation is 2. The van der Waals surface area contributed by atoms with Crippen LogP contribution in [0.3, 0.4) is 0 Å². The van der Waals surface area contributed by atoms with E-state index in [9.17, 15) is 9.59 Å². The number of anilines is 2. The molecule has 24 heavy (non-hydrogen) atoms. The zero-order chi connectivity index (χ0) is 17.3. The van der Waals surface area contributed by atoms with Crippen LogP contribution in [-0.4, -0.2) is 16.8 Å². The van der Waals surface area contributed by atoms with Crippen molar-refractivity contribution in [2.24, 2.45) is 0 Å². The van der Waals surface area contributed by atoms with Gasteiger partial charge in [0.1, 0.15) is 5.69 Å². The number of carbonyl (C=O) groups excluding carboxylic acids is 2. The summed E-state index contributed by atoms with van der Waals surface area (Å²) in [5, 5.41) is 6.58. The van der Waals surface area contributed by atoms with Gasteiger partial charge in [-0.15, -0.1) is 0 Å². The van der Waals surface area contributed by atoms with Crippen LogP contribution in [0.25, 0.3) is 10.9 Å². The Morgan fingerprint density at radius 1 is 0.958 bits per heavy atom. The van der Waals surface area contributed by atoms with E-state index in [1.807, 2.05) is 26.0 Å². The van der Waals surface area contributed by atoms with E-state index in [1.165, 1.54) is 6.92 Å². The number of aromatic amines is 1. The summed E-state index contributed by atoms with van der Waals surface area (Å²) in [5.74, 6) is -0.372. The number of carbonyl (C=O) groups is 2. The zero-order valence-electron chi connectivity index (χ0n) is 13.9. The fourth-order valence-electron chi connectivity index (χ4n) is 2.80. The third kappa shape index (κ3) is 3.30. The highest BCUT2D eigenvalue weighted by atomic mass is 16.2. The first-order valence-electron chi connectivity index (χ1n) is 7.71. The van der Waals surface area contributed by atoms with E-state index < -0.39 is 0 Å². The molecule has 0 aliphatic rings. The van der Waals surface area contributed by atoms with Gasteiger partial charge in [0.05, 0.1) is 0 Å². The fraction of sp³-hybridized carbons (Fsp3) is 0.158. The number of hydrogen-bond acceptors (Lipinski definition) is 2. The summed E-state index contributed by atoms with van der Waals surface area (Å²) in [6.07, 6.45) is 0. The highest BCUT2D eigenvalue weighted by Gasteiger charge is 2.11. The molecule has 0 unspecified atom stereocenters. The van der Waals surface area contributed by atoms with Crippen molar-refractivity contribution in [2.75, 3.05) is 10.6 Å². The average Bonchev–Trinajstić information content (AvgIpc) is 2.91.